The molecule has 4 N–H and O–H groups in total. The summed E-state index contributed by atoms with van der Waals surface area (Å²) in [7, 11) is 6.18. The van der Waals surface area contributed by atoms with Gasteiger partial charge in [-0.2, -0.15) is 0 Å². The van der Waals surface area contributed by atoms with E-state index in [-0.39, 0.29) is 41.2 Å². The monoisotopic (exact) mass is 539 g/mol. The van der Waals surface area contributed by atoms with Gasteiger partial charge in [-0.3, -0.25) is 15.1 Å². The van der Waals surface area contributed by atoms with Gasteiger partial charge in [0.25, 0.3) is 0 Å². The van der Waals surface area contributed by atoms with E-state index in [1.807, 2.05) is 18.9 Å². The Morgan fingerprint density at radius 1 is 1.26 bits per heavy atom. The lowest BCUT2D eigenvalue weighted by Crippen LogP contribution is -2.70. The van der Waals surface area contributed by atoms with E-state index in [2.05, 4.69) is 46.7 Å². The summed E-state index contributed by atoms with van der Waals surface area (Å²) < 4.78 is 14.2. The van der Waals surface area contributed by atoms with Gasteiger partial charge in [-0.05, 0) is 88.8 Å². The predicted molar refractivity (Wildman–Crippen MR) is 147 cm³/mol. The molecule has 4 unspecified atom stereocenters. The molecule has 9 nitrogen and oxygen atoms in total. The van der Waals surface area contributed by atoms with Gasteiger partial charge in [0, 0.05) is 32.1 Å². The summed E-state index contributed by atoms with van der Waals surface area (Å²) in [6.07, 6.45) is 4.27. The highest BCUT2D eigenvalue weighted by atomic mass is 19.1. The minimum absolute atomic E-state index is 0.0544. The third-order valence-corrected chi connectivity index (χ3v) is 10.0. The number of nitrogens with zero attached hydrogens (tertiary/aromatic N) is 4. The van der Waals surface area contributed by atoms with E-state index in [1.165, 1.54) is 6.07 Å². The quantitative estimate of drug-likeness (QED) is 0.463. The number of aromatic nitrogens is 2. The van der Waals surface area contributed by atoms with Gasteiger partial charge >= 0.3 is 0 Å². The van der Waals surface area contributed by atoms with Gasteiger partial charge < -0.3 is 19.9 Å². The Morgan fingerprint density at radius 2 is 2.03 bits per heavy atom. The van der Waals surface area contributed by atoms with Crippen molar-refractivity contribution >= 4 is 5.91 Å². The lowest BCUT2D eigenvalue weighted by Gasteiger charge is -2.53. The Labute approximate surface area is 230 Å². The van der Waals surface area contributed by atoms with Crippen LogP contribution in [0.25, 0.3) is 0 Å². The molecule has 10 heteroatoms. The maximum absolute atomic E-state index is 14.2. The molecule has 3 fully saturated rings. The molecule has 1 aromatic carbocycles. The molecule has 39 heavy (non-hydrogen) atoms. The molecule has 3 aliphatic heterocycles. The van der Waals surface area contributed by atoms with Crippen molar-refractivity contribution in [1.29, 1.82) is 0 Å². The number of carbonyl (C=O) groups excluding carboxylic acids is 1. The number of carbonyl (C=O) groups is 1. The number of imidazole rings is 1. The summed E-state index contributed by atoms with van der Waals surface area (Å²) in [4.78, 5) is 28.3. The van der Waals surface area contributed by atoms with Crippen molar-refractivity contribution in [2.45, 2.75) is 82.1 Å². The second-order valence-corrected chi connectivity index (χ2v) is 12.7. The summed E-state index contributed by atoms with van der Waals surface area (Å²) in [5.74, 6) is 0.963. The molecule has 4 aliphatic rings. The zero-order chi connectivity index (χ0) is 27.6. The van der Waals surface area contributed by atoms with Gasteiger partial charge in [0.2, 0.25) is 5.91 Å². The molecular formula is C29H42FN7O2. The number of hydrogen-bond donors (Lipinski definition) is 4. The fourth-order valence-corrected chi connectivity index (χ4v) is 7.24. The molecule has 2 aromatic rings. The van der Waals surface area contributed by atoms with E-state index in [0.717, 1.165) is 67.1 Å². The number of aromatic hydroxyl groups is 1. The van der Waals surface area contributed by atoms with E-state index >= 15 is 0 Å². The number of benzene rings is 1. The molecule has 0 spiro atoms. The van der Waals surface area contributed by atoms with Crippen molar-refractivity contribution in [2.75, 3.05) is 34.2 Å². The molecule has 0 radical (unpaired) electrons. The van der Waals surface area contributed by atoms with Crippen LogP contribution in [0.15, 0.2) is 12.1 Å². The average molecular weight is 540 g/mol. The van der Waals surface area contributed by atoms with Crippen LogP contribution in [-0.4, -0.2) is 87.5 Å². The molecule has 0 bridgehead atoms. The molecule has 1 amide bonds. The molecule has 1 aromatic heterocycles. The van der Waals surface area contributed by atoms with Crippen molar-refractivity contribution in [2.24, 2.45) is 5.92 Å². The van der Waals surface area contributed by atoms with Gasteiger partial charge in [-0.25, -0.2) is 14.8 Å². The Kier molecular flexibility index (Phi) is 6.73. The first-order valence-electron chi connectivity index (χ1n) is 14.3. The van der Waals surface area contributed by atoms with Crippen LogP contribution in [0, 0.1) is 11.7 Å². The van der Waals surface area contributed by atoms with Crippen LogP contribution in [-0.2, 0) is 24.2 Å². The van der Waals surface area contributed by atoms with Crippen LogP contribution >= 0.6 is 0 Å². The third-order valence-electron chi connectivity index (χ3n) is 10.0. The SMILES string of the molecule is CCc1cc(O)c(F)cc1C1CCC2C(C1)NNC2c1nc2c([nH]1)CN(C)[C@H](C(=O)N1CC(C)(N(C)C)C1)C2. The van der Waals surface area contributed by atoms with E-state index in [9.17, 15) is 14.3 Å². The standard InChI is InChI=1S/C29H42FN7O2/c1-6-16-10-25(38)20(30)11-19(16)17-7-8-18-21(9-17)33-34-26(18)27-31-22-12-24(36(5)13-23(22)32-27)28(39)37-14-29(2,15-37)35(3)4/h10-11,17-18,21,24,26,33-34,38H,6-9,12-15H2,1-5H3,(H,31,32)/t17?,18?,21?,24-,26?/m0/s1. The highest BCUT2D eigenvalue weighted by molar-refractivity contribution is 5.83. The zero-order valence-electron chi connectivity index (χ0n) is 23.7. The summed E-state index contributed by atoms with van der Waals surface area (Å²) in [5.41, 5.74) is 11.2. The van der Waals surface area contributed by atoms with Crippen LogP contribution in [0.5, 0.6) is 5.75 Å². The first-order valence-corrected chi connectivity index (χ1v) is 14.3. The summed E-state index contributed by atoms with van der Waals surface area (Å²) in [6.45, 7) is 6.46. The van der Waals surface area contributed by atoms with E-state index in [1.54, 1.807) is 6.07 Å². The normalized spacial score (nSPS) is 30.2. The average Bonchev–Trinajstić information content (AvgIpc) is 3.50. The molecule has 2 saturated heterocycles. The number of amides is 1. The van der Waals surface area contributed by atoms with Crippen molar-refractivity contribution in [3.8, 4) is 5.75 Å². The maximum atomic E-state index is 14.2. The molecule has 1 saturated carbocycles. The smallest absolute Gasteiger partial charge is 0.240 e. The maximum Gasteiger partial charge on any atom is 0.240 e. The van der Waals surface area contributed by atoms with Gasteiger partial charge in [-0.1, -0.05) is 6.92 Å². The van der Waals surface area contributed by atoms with Crippen molar-refractivity contribution in [1.82, 2.24) is 35.5 Å². The number of aryl methyl sites for hydroxylation is 1. The molecule has 6 rings (SSSR count). The Hall–Kier alpha value is -2.53. The lowest BCUT2D eigenvalue weighted by molar-refractivity contribution is -0.149. The van der Waals surface area contributed by atoms with E-state index < -0.39 is 5.82 Å². The second kappa shape index (κ2) is 9.83. The highest BCUT2D eigenvalue weighted by Crippen LogP contribution is 2.44. The topological polar surface area (TPSA) is 99.8 Å². The largest absolute Gasteiger partial charge is 0.505 e. The summed E-state index contributed by atoms with van der Waals surface area (Å²) >= 11 is 0. The van der Waals surface area contributed by atoms with Gasteiger partial charge in [-0.15, -0.1) is 0 Å². The number of rotatable bonds is 5. The van der Waals surface area contributed by atoms with Gasteiger partial charge in [0.15, 0.2) is 11.6 Å². The molecule has 4 heterocycles. The number of hydrogen-bond acceptors (Lipinski definition) is 7. The van der Waals surface area contributed by atoms with Crippen LogP contribution in [0.1, 0.15) is 73.4 Å². The number of aromatic amines is 1. The number of likely N-dealkylation sites (tertiary alicyclic amines) is 1. The van der Waals surface area contributed by atoms with Crippen LogP contribution < -0.4 is 10.9 Å². The molecule has 212 valence electrons. The van der Waals surface area contributed by atoms with Crippen LogP contribution in [0.2, 0.25) is 0 Å². The predicted octanol–water partition coefficient (Wildman–Crippen LogP) is 2.44. The van der Waals surface area contributed by atoms with Crippen molar-refractivity contribution in [3.63, 3.8) is 0 Å². The number of H-pyrrole nitrogens is 1. The number of fused-ring (bicyclic) bond motifs is 2. The number of hydrazine groups is 1. The Morgan fingerprint density at radius 3 is 2.74 bits per heavy atom. The first kappa shape index (κ1) is 26.7. The van der Waals surface area contributed by atoms with E-state index in [0.29, 0.717) is 18.9 Å². The first-order chi connectivity index (χ1) is 18.6. The van der Waals surface area contributed by atoms with Crippen LogP contribution in [0.3, 0.4) is 0 Å². The Bertz CT molecular complexity index is 1260. The molecule has 1 aliphatic carbocycles. The number of likely N-dealkylation sites (N-methyl/N-ethyl adjacent to an activating group) is 2. The highest BCUT2D eigenvalue weighted by Gasteiger charge is 2.47. The molecular weight excluding hydrogens is 497 g/mol. The van der Waals surface area contributed by atoms with Crippen molar-refractivity contribution < 1.29 is 14.3 Å². The second-order valence-electron chi connectivity index (χ2n) is 12.7. The third kappa shape index (κ3) is 4.55. The number of phenols is 1. The molecule has 5 atom stereocenters. The van der Waals surface area contributed by atoms with Crippen LogP contribution in [0.4, 0.5) is 4.39 Å². The number of phenolic OH excluding ortho intramolecular Hbond substituents is 1. The number of halogens is 1. The summed E-state index contributed by atoms with van der Waals surface area (Å²) in [6, 6.07) is 3.27. The van der Waals surface area contributed by atoms with E-state index in [4.69, 9.17) is 4.98 Å². The zero-order valence-corrected chi connectivity index (χ0v) is 23.7. The fraction of sp³-hybridized carbons (Fsp3) is 0.655. The van der Waals surface area contributed by atoms with Crippen molar-refractivity contribution in [3.05, 3.63) is 46.3 Å². The minimum atomic E-state index is -0.538. The Balaban J connectivity index is 1.13. The minimum Gasteiger partial charge on any atom is -0.505 e. The van der Waals surface area contributed by atoms with Gasteiger partial charge in [0.1, 0.15) is 5.82 Å². The number of nitrogens with one attached hydrogen (secondary N) is 3. The lowest BCUT2D eigenvalue weighted by atomic mass is 9.73. The summed E-state index contributed by atoms with van der Waals surface area (Å²) in [5, 5.41) is 9.85. The fourth-order valence-electron chi connectivity index (χ4n) is 7.24. The van der Waals surface area contributed by atoms with Gasteiger partial charge in [0.05, 0.1) is 29.0 Å².